The first-order valence-corrected chi connectivity index (χ1v) is 7.53. The molecule has 0 radical (unpaired) electrons. The van der Waals surface area contributed by atoms with E-state index in [0.717, 1.165) is 37.4 Å². The second-order valence-corrected chi connectivity index (χ2v) is 5.75. The zero-order chi connectivity index (χ0) is 13.5. The highest BCUT2D eigenvalue weighted by atomic mass is 16.1. The lowest BCUT2D eigenvalue weighted by Gasteiger charge is -2.12. The molecule has 1 aliphatic heterocycles. The maximum absolute atomic E-state index is 12.3. The molecule has 1 saturated heterocycles. The first-order chi connectivity index (χ1) is 9.25. The molecule has 2 rings (SSSR count). The van der Waals surface area contributed by atoms with Crippen LogP contribution in [0.15, 0.2) is 35.5 Å². The van der Waals surface area contributed by atoms with Crippen molar-refractivity contribution in [1.82, 2.24) is 5.32 Å². The predicted octanol–water partition coefficient (Wildman–Crippen LogP) is 3.56. The molecule has 1 aliphatic carbocycles. The van der Waals surface area contributed by atoms with Crippen LogP contribution in [0.4, 0.5) is 0 Å². The van der Waals surface area contributed by atoms with E-state index in [1.165, 1.54) is 24.8 Å². The van der Waals surface area contributed by atoms with E-state index >= 15 is 0 Å². The van der Waals surface area contributed by atoms with Crippen molar-refractivity contribution in [2.75, 3.05) is 13.1 Å². The Morgan fingerprint density at radius 1 is 1.37 bits per heavy atom. The molecule has 104 valence electrons. The fraction of sp³-hybridized carbons (Fsp3) is 0.588. The number of hydrogen-bond donors (Lipinski definition) is 1. The minimum Gasteiger partial charge on any atom is -0.317 e. The lowest BCUT2D eigenvalue weighted by molar-refractivity contribution is -0.115. The fourth-order valence-electron chi connectivity index (χ4n) is 2.83. The first-order valence-electron chi connectivity index (χ1n) is 7.53. The summed E-state index contributed by atoms with van der Waals surface area (Å²) in [6.07, 6.45) is 14.6. The van der Waals surface area contributed by atoms with Gasteiger partial charge in [-0.05, 0) is 58.0 Å². The molecule has 0 saturated carbocycles. The summed E-state index contributed by atoms with van der Waals surface area (Å²) in [6, 6.07) is 0. The van der Waals surface area contributed by atoms with Crippen molar-refractivity contribution in [2.45, 2.75) is 45.4 Å². The molecule has 0 aromatic carbocycles. The van der Waals surface area contributed by atoms with E-state index in [9.17, 15) is 4.79 Å². The van der Waals surface area contributed by atoms with Gasteiger partial charge in [0.1, 0.15) is 0 Å². The summed E-state index contributed by atoms with van der Waals surface area (Å²) in [4.78, 5) is 12.3. The minimum absolute atomic E-state index is 0.308. The lowest BCUT2D eigenvalue weighted by atomic mass is 9.92. The Bertz CT molecular complexity index is 395. The molecular weight excluding hydrogens is 234 g/mol. The Hall–Kier alpha value is -1.15. The van der Waals surface area contributed by atoms with Crippen molar-refractivity contribution in [3.8, 4) is 0 Å². The lowest BCUT2D eigenvalue weighted by Crippen LogP contribution is -2.14. The third kappa shape index (κ3) is 4.79. The summed E-state index contributed by atoms with van der Waals surface area (Å²) >= 11 is 0. The third-order valence-electron chi connectivity index (χ3n) is 4.05. The average molecular weight is 259 g/mol. The number of rotatable bonds is 4. The topological polar surface area (TPSA) is 29.1 Å². The Kier molecular flexibility index (Phi) is 5.59. The Morgan fingerprint density at radius 2 is 2.26 bits per heavy atom. The van der Waals surface area contributed by atoms with Crippen molar-refractivity contribution in [1.29, 1.82) is 0 Å². The van der Waals surface area contributed by atoms with Crippen molar-refractivity contribution in [2.24, 2.45) is 5.92 Å². The molecule has 0 aromatic rings. The number of Topliss-reactive ketones (excluding diaryl/α,β-unsaturated/α-hetero) is 1. The van der Waals surface area contributed by atoms with Gasteiger partial charge in [0.15, 0.2) is 5.78 Å². The Balaban J connectivity index is 1.85. The number of allylic oxidation sites excluding steroid dienone is 6. The molecule has 0 bridgehead atoms. The van der Waals surface area contributed by atoms with E-state index in [1.54, 1.807) is 0 Å². The molecule has 0 aromatic heterocycles. The summed E-state index contributed by atoms with van der Waals surface area (Å²) in [6.45, 7) is 4.35. The van der Waals surface area contributed by atoms with Crippen LogP contribution < -0.4 is 5.32 Å². The first kappa shape index (κ1) is 14.3. The van der Waals surface area contributed by atoms with E-state index in [-0.39, 0.29) is 0 Å². The van der Waals surface area contributed by atoms with Crippen molar-refractivity contribution in [3.05, 3.63) is 35.5 Å². The van der Waals surface area contributed by atoms with Crippen molar-refractivity contribution >= 4 is 5.78 Å². The molecule has 19 heavy (non-hydrogen) atoms. The Labute approximate surface area is 116 Å². The third-order valence-corrected chi connectivity index (χ3v) is 4.05. The van der Waals surface area contributed by atoms with Gasteiger partial charge < -0.3 is 5.32 Å². The van der Waals surface area contributed by atoms with Gasteiger partial charge in [0, 0.05) is 12.0 Å². The molecule has 2 aliphatic rings. The van der Waals surface area contributed by atoms with Gasteiger partial charge in [-0.3, -0.25) is 4.79 Å². The van der Waals surface area contributed by atoms with Gasteiger partial charge in [-0.25, -0.2) is 0 Å². The second kappa shape index (κ2) is 7.44. The van der Waals surface area contributed by atoms with E-state index in [0.29, 0.717) is 12.2 Å². The maximum Gasteiger partial charge on any atom is 0.162 e. The zero-order valence-electron chi connectivity index (χ0n) is 12.0. The number of carbonyl (C=O) groups excluding carboxylic acids is 1. The number of carbonyl (C=O) groups is 1. The highest BCUT2D eigenvalue weighted by molar-refractivity contribution is 5.98. The maximum atomic E-state index is 12.3. The van der Waals surface area contributed by atoms with Crippen LogP contribution in [0.2, 0.25) is 0 Å². The van der Waals surface area contributed by atoms with Crippen LogP contribution in [-0.2, 0) is 4.79 Å². The molecule has 0 amide bonds. The van der Waals surface area contributed by atoms with Crippen LogP contribution in [0.1, 0.15) is 45.4 Å². The van der Waals surface area contributed by atoms with Crippen LogP contribution in [-0.4, -0.2) is 18.9 Å². The monoisotopic (exact) mass is 259 g/mol. The van der Waals surface area contributed by atoms with E-state index < -0.39 is 0 Å². The zero-order valence-corrected chi connectivity index (χ0v) is 12.0. The van der Waals surface area contributed by atoms with E-state index in [1.807, 2.05) is 12.2 Å². The smallest absolute Gasteiger partial charge is 0.162 e. The minimum atomic E-state index is 0.308. The second-order valence-electron chi connectivity index (χ2n) is 5.75. The van der Waals surface area contributed by atoms with Crippen molar-refractivity contribution in [3.63, 3.8) is 0 Å². The van der Waals surface area contributed by atoms with Gasteiger partial charge >= 0.3 is 0 Å². The van der Waals surface area contributed by atoms with Crippen LogP contribution in [0.3, 0.4) is 0 Å². The summed E-state index contributed by atoms with van der Waals surface area (Å²) in [7, 11) is 0. The molecule has 2 heteroatoms. The van der Waals surface area contributed by atoms with Gasteiger partial charge in [0.25, 0.3) is 0 Å². The molecule has 1 N–H and O–H groups in total. The predicted molar refractivity (Wildman–Crippen MR) is 80.0 cm³/mol. The van der Waals surface area contributed by atoms with Gasteiger partial charge in [-0.1, -0.05) is 29.9 Å². The molecule has 1 heterocycles. The quantitative estimate of drug-likeness (QED) is 0.836. The molecule has 2 nitrogen and oxygen atoms in total. The summed E-state index contributed by atoms with van der Waals surface area (Å²) in [5, 5.41) is 3.43. The Morgan fingerprint density at radius 3 is 3.16 bits per heavy atom. The highest BCUT2D eigenvalue weighted by Gasteiger charge is 2.15. The van der Waals surface area contributed by atoms with Crippen LogP contribution >= 0.6 is 0 Å². The van der Waals surface area contributed by atoms with Gasteiger partial charge in [-0.2, -0.15) is 0 Å². The molecule has 1 fully saturated rings. The summed E-state index contributed by atoms with van der Waals surface area (Å²) < 4.78 is 0. The molecule has 1 unspecified atom stereocenters. The molecule has 0 spiro atoms. The average Bonchev–Trinajstić information content (AvgIpc) is 2.78. The van der Waals surface area contributed by atoms with Gasteiger partial charge in [0.2, 0.25) is 0 Å². The number of ketones is 1. The van der Waals surface area contributed by atoms with E-state index in [2.05, 4.69) is 24.4 Å². The number of nitrogens with one attached hydrogen (secondary N) is 1. The van der Waals surface area contributed by atoms with Crippen LogP contribution in [0, 0.1) is 5.92 Å². The standard InChI is InChI=1S/C17H25NO/c1-14-5-2-3-7-16(13-14)17(19)9-8-15-6-4-11-18-12-10-15/h2-3,7,13,15,18H,4-6,8-12H2,1H3. The highest BCUT2D eigenvalue weighted by Crippen LogP contribution is 2.21. The SMILES string of the molecule is CC1=CC(C(=O)CCC2CCCNCC2)=CC=CC1. The van der Waals surface area contributed by atoms with Gasteiger partial charge in [-0.15, -0.1) is 0 Å². The molecular formula is C17H25NO. The normalized spacial score (nSPS) is 24.2. The summed E-state index contributed by atoms with van der Waals surface area (Å²) in [5.41, 5.74) is 2.16. The fourth-order valence-corrected chi connectivity index (χ4v) is 2.83. The number of hydrogen-bond acceptors (Lipinski definition) is 2. The molecule has 1 atom stereocenters. The van der Waals surface area contributed by atoms with E-state index in [4.69, 9.17) is 0 Å². The van der Waals surface area contributed by atoms with Crippen LogP contribution in [0.5, 0.6) is 0 Å². The van der Waals surface area contributed by atoms with Gasteiger partial charge in [0.05, 0.1) is 0 Å². The van der Waals surface area contributed by atoms with Crippen LogP contribution in [0.25, 0.3) is 0 Å². The largest absolute Gasteiger partial charge is 0.317 e. The summed E-state index contributed by atoms with van der Waals surface area (Å²) in [5.74, 6) is 1.04. The van der Waals surface area contributed by atoms with Crippen molar-refractivity contribution < 1.29 is 4.79 Å².